The van der Waals surface area contributed by atoms with Crippen LogP contribution in [0.2, 0.25) is 5.02 Å². The summed E-state index contributed by atoms with van der Waals surface area (Å²) in [6.45, 7) is 2.36. The number of hydrogen-bond acceptors (Lipinski definition) is 4. The standard InChI is InChI=1S/C21H24ClN3O/c1-21(24,13-23)18(11-14-5-3-4-6-20(14)26-2)16-9-10-25-19-12-15(22)7-8-17(16)19/h3-10,12,18H,11,13,23-24H2,1-2H3. The maximum Gasteiger partial charge on any atom is 0.122 e. The molecule has 2 atom stereocenters. The zero-order valence-corrected chi connectivity index (χ0v) is 15.8. The third-order valence-electron chi connectivity index (χ3n) is 4.97. The molecule has 1 heterocycles. The zero-order chi connectivity index (χ0) is 18.7. The van der Waals surface area contributed by atoms with Gasteiger partial charge in [-0.15, -0.1) is 0 Å². The highest BCUT2D eigenvalue weighted by molar-refractivity contribution is 6.31. The Labute approximate surface area is 159 Å². The predicted octanol–water partition coefficient (Wildman–Crippen LogP) is 3.90. The smallest absolute Gasteiger partial charge is 0.122 e. The molecule has 1 aromatic heterocycles. The largest absolute Gasteiger partial charge is 0.496 e. The molecule has 0 fully saturated rings. The first-order valence-electron chi connectivity index (χ1n) is 8.61. The van der Waals surface area contributed by atoms with Gasteiger partial charge in [-0.3, -0.25) is 4.98 Å². The SMILES string of the molecule is COc1ccccc1CC(c1ccnc2cc(Cl)ccc12)C(C)(N)CN. The van der Waals surface area contributed by atoms with E-state index in [9.17, 15) is 0 Å². The van der Waals surface area contributed by atoms with Crippen molar-refractivity contribution in [1.29, 1.82) is 0 Å². The molecule has 4 nitrogen and oxygen atoms in total. The monoisotopic (exact) mass is 369 g/mol. The van der Waals surface area contributed by atoms with Crippen molar-refractivity contribution in [2.75, 3.05) is 13.7 Å². The molecule has 0 saturated carbocycles. The number of pyridine rings is 1. The van der Waals surface area contributed by atoms with Crippen LogP contribution in [0.1, 0.15) is 24.0 Å². The number of nitrogens with zero attached hydrogens (tertiary/aromatic N) is 1. The maximum absolute atomic E-state index is 6.64. The zero-order valence-electron chi connectivity index (χ0n) is 15.1. The van der Waals surface area contributed by atoms with Gasteiger partial charge in [0.1, 0.15) is 5.75 Å². The molecule has 0 spiro atoms. The van der Waals surface area contributed by atoms with Gasteiger partial charge in [0.15, 0.2) is 0 Å². The molecule has 5 heteroatoms. The van der Waals surface area contributed by atoms with Gasteiger partial charge in [-0.1, -0.05) is 35.9 Å². The van der Waals surface area contributed by atoms with Gasteiger partial charge in [0, 0.05) is 34.6 Å². The second-order valence-corrected chi connectivity index (χ2v) is 7.28. The van der Waals surface area contributed by atoms with E-state index in [1.807, 2.05) is 49.4 Å². The van der Waals surface area contributed by atoms with E-state index < -0.39 is 5.54 Å². The number of ether oxygens (including phenoxy) is 1. The number of nitrogens with two attached hydrogens (primary N) is 2. The Kier molecular flexibility index (Phi) is 5.47. The summed E-state index contributed by atoms with van der Waals surface area (Å²) in [5.74, 6) is 0.849. The predicted molar refractivity (Wildman–Crippen MR) is 108 cm³/mol. The average molecular weight is 370 g/mol. The van der Waals surface area contributed by atoms with Crippen LogP contribution in [0.4, 0.5) is 0 Å². The van der Waals surface area contributed by atoms with Gasteiger partial charge < -0.3 is 16.2 Å². The van der Waals surface area contributed by atoms with Crippen molar-refractivity contribution in [2.24, 2.45) is 11.5 Å². The number of aromatic nitrogens is 1. The molecule has 0 amide bonds. The van der Waals surface area contributed by atoms with Crippen molar-refractivity contribution in [3.63, 3.8) is 0 Å². The summed E-state index contributed by atoms with van der Waals surface area (Å²) in [5.41, 5.74) is 15.2. The minimum absolute atomic E-state index is 0.00419. The van der Waals surface area contributed by atoms with Gasteiger partial charge >= 0.3 is 0 Å². The molecule has 3 aromatic rings. The maximum atomic E-state index is 6.64. The van der Waals surface area contributed by atoms with Gasteiger partial charge in [-0.25, -0.2) is 0 Å². The molecule has 136 valence electrons. The fourth-order valence-electron chi connectivity index (χ4n) is 3.38. The topological polar surface area (TPSA) is 74.2 Å². The van der Waals surface area contributed by atoms with Crippen LogP contribution in [0, 0.1) is 0 Å². The molecule has 0 saturated heterocycles. The van der Waals surface area contributed by atoms with E-state index in [0.717, 1.165) is 34.2 Å². The quantitative estimate of drug-likeness (QED) is 0.691. The van der Waals surface area contributed by atoms with Crippen molar-refractivity contribution in [1.82, 2.24) is 4.98 Å². The number of fused-ring (bicyclic) bond motifs is 1. The van der Waals surface area contributed by atoms with E-state index in [4.69, 9.17) is 27.8 Å². The molecule has 0 aliphatic carbocycles. The number of halogens is 1. The van der Waals surface area contributed by atoms with Gasteiger partial charge in [0.2, 0.25) is 0 Å². The molecule has 2 aromatic carbocycles. The van der Waals surface area contributed by atoms with Gasteiger partial charge in [0.05, 0.1) is 12.6 Å². The van der Waals surface area contributed by atoms with Crippen LogP contribution in [0.25, 0.3) is 10.9 Å². The lowest BCUT2D eigenvalue weighted by atomic mass is 9.76. The molecule has 0 radical (unpaired) electrons. The second kappa shape index (κ2) is 7.62. The minimum atomic E-state index is -0.589. The van der Waals surface area contributed by atoms with Crippen LogP contribution in [0.5, 0.6) is 5.75 Å². The molecule has 4 N–H and O–H groups in total. The first-order chi connectivity index (χ1) is 12.5. The fourth-order valence-corrected chi connectivity index (χ4v) is 3.55. The van der Waals surface area contributed by atoms with Crippen LogP contribution in [0.15, 0.2) is 54.7 Å². The van der Waals surface area contributed by atoms with Crippen molar-refractivity contribution in [3.05, 3.63) is 70.9 Å². The van der Waals surface area contributed by atoms with Crippen LogP contribution in [-0.4, -0.2) is 24.2 Å². The third kappa shape index (κ3) is 3.68. The second-order valence-electron chi connectivity index (χ2n) is 6.84. The summed E-state index contributed by atoms with van der Waals surface area (Å²) in [7, 11) is 1.68. The molecule has 0 aliphatic heterocycles. The van der Waals surface area contributed by atoms with E-state index in [-0.39, 0.29) is 5.92 Å². The van der Waals surface area contributed by atoms with Crippen LogP contribution >= 0.6 is 11.6 Å². The van der Waals surface area contributed by atoms with E-state index in [0.29, 0.717) is 11.6 Å². The lowest BCUT2D eigenvalue weighted by Gasteiger charge is -2.34. The lowest BCUT2D eigenvalue weighted by molar-refractivity contribution is 0.372. The van der Waals surface area contributed by atoms with E-state index in [1.54, 1.807) is 13.3 Å². The number of methoxy groups -OCH3 is 1. The first-order valence-corrected chi connectivity index (χ1v) is 8.99. The molecule has 0 aliphatic rings. The van der Waals surface area contributed by atoms with Crippen molar-refractivity contribution < 1.29 is 4.74 Å². The summed E-state index contributed by atoms with van der Waals surface area (Å²) < 4.78 is 5.53. The van der Waals surface area contributed by atoms with Gasteiger partial charge in [-0.2, -0.15) is 0 Å². The summed E-state index contributed by atoms with van der Waals surface area (Å²) in [5, 5.41) is 1.71. The Morgan fingerprint density at radius 2 is 1.96 bits per heavy atom. The third-order valence-corrected chi connectivity index (χ3v) is 5.20. The van der Waals surface area contributed by atoms with Crippen LogP contribution in [0.3, 0.4) is 0 Å². The van der Waals surface area contributed by atoms with Crippen LogP contribution < -0.4 is 16.2 Å². The molecule has 0 bridgehead atoms. The number of hydrogen-bond donors (Lipinski definition) is 2. The summed E-state index contributed by atoms with van der Waals surface area (Å²) in [4.78, 5) is 4.45. The number of rotatable bonds is 6. The summed E-state index contributed by atoms with van der Waals surface area (Å²) >= 11 is 6.14. The molecule has 2 unspecified atom stereocenters. The Balaban J connectivity index is 2.14. The first kappa shape index (κ1) is 18.6. The average Bonchev–Trinajstić information content (AvgIpc) is 2.65. The number of benzene rings is 2. The van der Waals surface area contributed by atoms with Gasteiger partial charge in [-0.05, 0) is 48.7 Å². The van der Waals surface area contributed by atoms with Gasteiger partial charge in [0.25, 0.3) is 0 Å². The minimum Gasteiger partial charge on any atom is -0.496 e. The molecule has 26 heavy (non-hydrogen) atoms. The summed E-state index contributed by atoms with van der Waals surface area (Å²) in [6, 6.07) is 15.8. The Hall–Kier alpha value is -2.14. The molecular formula is C21H24ClN3O. The van der Waals surface area contributed by atoms with E-state index in [1.165, 1.54) is 0 Å². The molecule has 3 rings (SSSR count). The lowest BCUT2D eigenvalue weighted by Crippen LogP contribution is -2.50. The van der Waals surface area contributed by atoms with Crippen molar-refractivity contribution >= 4 is 22.5 Å². The highest BCUT2D eigenvalue weighted by Gasteiger charge is 2.32. The molecular weight excluding hydrogens is 346 g/mol. The Morgan fingerprint density at radius 3 is 2.69 bits per heavy atom. The fraction of sp³-hybridized carbons (Fsp3) is 0.286. The van der Waals surface area contributed by atoms with Crippen LogP contribution in [-0.2, 0) is 6.42 Å². The van der Waals surface area contributed by atoms with Crippen molar-refractivity contribution in [2.45, 2.75) is 24.8 Å². The normalized spacial score (nSPS) is 14.8. The highest BCUT2D eigenvalue weighted by atomic mass is 35.5. The number of para-hydroxylation sites is 1. The Bertz CT molecular complexity index is 911. The highest BCUT2D eigenvalue weighted by Crippen LogP contribution is 2.36. The Morgan fingerprint density at radius 1 is 1.19 bits per heavy atom. The summed E-state index contributed by atoms with van der Waals surface area (Å²) in [6.07, 6.45) is 2.52. The van der Waals surface area contributed by atoms with E-state index in [2.05, 4.69) is 11.1 Å². The van der Waals surface area contributed by atoms with E-state index >= 15 is 0 Å². The van der Waals surface area contributed by atoms with Crippen molar-refractivity contribution in [3.8, 4) is 5.75 Å².